The lowest BCUT2D eigenvalue weighted by molar-refractivity contribution is -0.137. The van der Waals surface area contributed by atoms with E-state index < -0.39 is 17.6 Å². The van der Waals surface area contributed by atoms with Crippen LogP contribution in [-0.4, -0.2) is 41.8 Å². The van der Waals surface area contributed by atoms with Crippen LogP contribution in [0.4, 0.5) is 4.79 Å². The van der Waals surface area contributed by atoms with Crippen molar-refractivity contribution in [3.8, 4) is 11.1 Å². The number of carboxylic acid groups (broad SMARTS) is 1. The number of hydrogen-bond donors (Lipinski definition) is 3. The third kappa shape index (κ3) is 5.35. The maximum atomic E-state index is 12.7. The standard InChI is InChI=1S/C26H30N2O5/c29-23(27-15-6-5-12-24(30)31)16-26(13-7-14-26)28-25(32)33-17-22-20-10-3-1-8-18(20)19-9-2-4-11-21(19)22/h1-4,8-11,22H,5-7,12-17H2,(H,27,29)(H,28,32)(H,30,31). The number of amides is 2. The quantitative estimate of drug-likeness (QED) is 0.471. The molecular weight excluding hydrogens is 420 g/mol. The molecule has 7 heteroatoms. The maximum absolute atomic E-state index is 12.7. The zero-order chi connectivity index (χ0) is 23.3. The van der Waals surface area contributed by atoms with Crippen LogP contribution in [-0.2, 0) is 14.3 Å². The number of carboxylic acids is 1. The van der Waals surface area contributed by atoms with Crippen LogP contribution >= 0.6 is 0 Å². The number of unbranched alkanes of at least 4 members (excludes halogenated alkanes) is 1. The van der Waals surface area contributed by atoms with Crippen LogP contribution in [0.1, 0.15) is 62.0 Å². The Bertz CT molecular complexity index is 985. The predicted molar refractivity (Wildman–Crippen MR) is 124 cm³/mol. The fourth-order valence-electron chi connectivity index (χ4n) is 4.80. The van der Waals surface area contributed by atoms with Gasteiger partial charge in [-0.3, -0.25) is 9.59 Å². The van der Waals surface area contributed by atoms with Crippen LogP contribution in [0, 0.1) is 0 Å². The summed E-state index contributed by atoms with van der Waals surface area (Å²) in [7, 11) is 0. The van der Waals surface area contributed by atoms with Crippen molar-refractivity contribution in [3.63, 3.8) is 0 Å². The van der Waals surface area contributed by atoms with E-state index in [-0.39, 0.29) is 31.3 Å². The molecule has 2 amide bonds. The first-order valence-corrected chi connectivity index (χ1v) is 11.6. The summed E-state index contributed by atoms with van der Waals surface area (Å²) >= 11 is 0. The monoisotopic (exact) mass is 450 g/mol. The van der Waals surface area contributed by atoms with E-state index in [4.69, 9.17) is 9.84 Å². The average Bonchev–Trinajstić information content (AvgIpc) is 3.09. The molecule has 33 heavy (non-hydrogen) atoms. The number of hydrogen-bond acceptors (Lipinski definition) is 4. The molecule has 0 radical (unpaired) electrons. The van der Waals surface area contributed by atoms with Crippen LogP contribution in [0.5, 0.6) is 0 Å². The van der Waals surface area contributed by atoms with Crippen LogP contribution < -0.4 is 10.6 Å². The maximum Gasteiger partial charge on any atom is 0.407 e. The Morgan fingerprint density at radius 1 is 0.970 bits per heavy atom. The number of alkyl carbamates (subject to hydrolysis) is 1. The van der Waals surface area contributed by atoms with Crippen LogP contribution in [0.2, 0.25) is 0 Å². The first kappa shape index (κ1) is 22.8. The molecular formula is C26H30N2O5. The smallest absolute Gasteiger partial charge is 0.407 e. The fraction of sp³-hybridized carbons (Fsp3) is 0.423. The summed E-state index contributed by atoms with van der Waals surface area (Å²) in [5, 5.41) is 14.4. The second-order valence-electron chi connectivity index (χ2n) is 8.96. The van der Waals surface area contributed by atoms with Crippen molar-refractivity contribution < 1.29 is 24.2 Å². The molecule has 7 nitrogen and oxygen atoms in total. The van der Waals surface area contributed by atoms with Gasteiger partial charge in [0.05, 0.1) is 5.54 Å². The van der Waals surface area contributed by atoms with E-state index in [2.05, 4.69) is 34.9 Å². The highest BCUT2D eigenvalue weighted by molar-refractivity contribution is 5.80. The summed E-state index contributed by atoms with van der Waals surface area (Å²) in [5.74, 6) is -0.972. The molecule has 2 aromatic rings. The Labute approximate surface area is 193 Å². The van der Waals surface area contributed by atoms with Gasteiger partial charge in [0.2, 0.25) is 5.91 Å². The Hall–Kier alpha value is -3.35. The van der Waals surface area contributed by atoms with Gasteiger partial charge in [0.15, 0.2) is 0 Å². The number of rotatable bonds is 10. The highest BCUT2D eigenvalue weighted by Gasteiger charge is 2.41. The topological polar surface area (TPSA) is 105 Å². The van der Waals surface area contributed by atoms with Crippen LogP contribution in [0.25, 0.3) is 11.1 Å². The van der Waals surface area contributed by atoms with Crippen LogP contribution in [0.15, 0.2) is 48.5 Å². The first-order chi connectivity index (χ1) is 16.0. The summed E-state index contributed by atoms with van der Waals surface area (Å²) in [6.45, 7) is 0.679. The predicted octanol–water partition coefficient (Wildman–Crippen LogP) is 4.21. The molecule has 0 bridgehead atoms. The molecule has 1 fully saturated rings. The number of ether oxygens (including phenoxy) is 1. The molecule has 0 atom stereocenters. The molecule has 0 spiro atoms. The highest BCUT2D eigenvalue weighted by atomic mass is 16.5. The lowest BCUT2D eigenvalue weighted by Crippen LogP contribution is -2.56. The molecule has 0 aliphatic heterocycles. The van der Waals surface area contributed by atoms with Crippen molar-refractivity contribution in [1.29, 1.82) is 0 Å². The molecule has 2 aliphatic rings. The van der Waals surface area contributed by atoms with Gasteiger partial charge >= 0.3 is 12.1 Å². The second kappa shape index (κ2) is 10.1. The Kier molecular flexibility index (Phi) is 6.96. The zero-order valence-corrected chi connectivity index (χ0v) is 18.6. The normalized spacial score (nSPS) is 15.6. The molecule has 0 aromatic heterocycles. The Morgan fingerprint density at radius 2 is 1.61 bits per heavy atom. The van der Waals surface area contributed by atoms with Gasteiger partial charge in [-0.2, -0.15) is 0 Å². The van der Waals surface area contributed by atoms with E-state index in [1.807, 2.05) is 24.3 Å². The molecule has 174 valence electrons. The van der Waals surface area contributed by atoms with Gasteiger partial charge in [-0.15, -0.1) is 0 Å². The summed E-state index contributed by atoms with van der Waals surface area (Å²) in [6, 6.07) is 16.4. The van der Waals surface area contributed by atoms with Crippen molar-refractivity contribution >= 4 is 18.0 Å². The number of nitrogens with one attached hydrogen (secondary N) is 2. The minimum absolute atomic E-state index is 0.00501. The first-order valence-electron chi connectivity index (χ1n) is 11.6. The molecule has 2 aromatic carbocycles. The van der Waals surface area contributed by atoms with E-state index in [0.717, 1.165) is 30.4 Å². The van der Waals surface area contributed by atoms with Crippen molar-refractivity contribution in [1.82, 2.24) is 10.6 Å². The van der Waals surface area contributed by atoms with Gasteiger partial charge in [-0.25, -0.2) is 4.79 Å². The summed E-state index contributed by atoms with van der Waals surface area (Å²) in [6.07, 6.45) is 3.39. The summed E-state index contributed by atoms with van der Waals surface area (Å²) in [4.78, 5) is 35.6. The van der Waals surface area contributed by atoms with E-state index in [1.165, 1.54) is 11.1 Å². The van der Waals surface area contributed by atoms with Crippen molar-refractivity contribution in [2.24, 2.45) is 0 Å². The van der Waals surface area contributed by atoms with Gasteiger partial charge in [0, 0.05) is 25.3 Å². The van der Waals surface area contributed by atoms with Gasteiger partial charge in [-0.1, -0.05) is 48.5 Å². The lowest BCUT2D eigenvalue weighted by atomic mass is 9.74. The minimum Gasteiger partial charge on any atom is -0.481 e. The molecule has 1 saturated carbocycles. The van der Waals surface area contributed by atoms with Gasteiger partial charge < -0.3 is 20.5 Å². The third-order valence-electron chi connectivity index (χ3n) is 6.66. The number of benzene rings is 2. The van der Waals surface area contributed by atoms with E-state index in [1.54, 1.807) is 0 Å². The summed E-state index contributed by atoms with van der Waals surface area (Å²) < 4.78 is 5.65. The van der Waals surface area contributed by atoms with Gasteiger partial charge in [0.1, 0.15) is 6.61 Å². The number of carbonyl (C=O) groups is 3. The van der Waals surface area contributed by atoms with E-state index in [9.17, 15) is 14.4 Å². The van der Waals surface area contributed by atoms with Crippen molar-refractivity contribution in [3.05, 3.63) is 59.7 Å². The molecule has 0 saturated heterocycles. The number of aliphatic carboxylic acids is 1. The SMILES string of the molecule is O=C(O)CCCCNC(=O)CC1(NC(=O)OCC2c3ccccc3-c3ccccc32)CCC1. The molecule has 2 aliphatic carbocycles. The van der Waals surface area contributed by atoms with E-state index >= 15 is 0 Å². The number of fused-ring (bicyclic) bond motifs is 3. The Morgan fingerprint density at radius 3 is 2.18 bits per heavy atom. The molecule has 0 unspecified atom stereocenters. The highest BCUT2D eigenvalue weighted by Crippen LogP contribution is 2.44. The molecule has 0 heterocycles. The van der Waals surface area contributed by atoms with E-state index in [0.29, 0.717) is 19.4 Å². The Balaban J connectivity index is 1.28. The lowest BCUT2D eigenvalue weighted by Gasteiger charge is -2.41. The second-order valence-corrected chi connectivity index (χ2v) is 8.96. The van der Waals surface area contributed by atoms with Crippen LogP contribution in [0.3, 0.4) is 0 Å². The minimum atomic E-state index is -0.831. The third-order valence-corrected chi connectivity index (χ3v) is 6.66. The molecule has 3 N–H and O–H groups in total. The average molecular weight is 451 g/mol. The van der Waals surface area contributed by atoms with Gasteiger partial charge in [-0.05, 0) is 54.4 Å². The van der Waals surface area contributed by atoms with Gasteiger partial charge in [0.25, 0.3) is 0 Å². The largest absolute Gasteiger partial charge is 0.481 e. The number of carbonyl (C=O) groups excluding carboxylic acids is 2. The zero-order valence-electron chi connectivity index (χ0n) is 18.6. The molecule has 4 rings (SSSR count). The summed E-state index contributed by atoms with van der Waals surface area (Å²) in [5.41, 5.74) is 4.11. The van der Waals surface area contributed by atoms with Crippen molar-refractivity contribution in [2.75, 3.05) is 13.2 Å². The fourth-order valence-corrected chi connectivity index (χ4v) is 4.80. The van der Waals surface area contributed by atoms with Crippen molar-refractivity contribution in [2.45, 2.75) is 56.4 Å².